The monoisotopic (exact) mass is 277 g/mol. The van der Waals surface area contributed by atoms with E-state index in [1.807, 2.05) is 0 Å². The lowest BCUT2D eigenvalue weighted by Gasteiger charge is -2.09. The van der Waals surface area contributed by atoms with Crippen LogP contribution in [0.5, 0.6) is 5.75 Å². The number of benzene rings is 1. The Balaban J connectivity index is 3.18. The van der Waals surface area contributed by atoms with Crippen molar-refractivity contribution in [1.29, 1.82) is 0 Å². The molecular formula is C10H6F3NO5. The number of carboxylic acid groups (broad SMARTS) is 1. The first kappa shape index (κ1) is 14.5. The fourth-order valence-electron chi connectivity index (χ4n) is 1.16. The Hall–Kier alpha value is -2.58. The van der Waals surface area contributed by atoms with Gasteiger partial charge in [0.2, 0.25) is 5.75 Å². The Morgan fingerprint density at radius 2 is 2.05 bits per heavy atom. The molecule has 1 aromatic carbocycles. The molecule has 0 amide bonds. The predicted molar refractivity (Wildman–Crippen MR) is 56.4 cm³/mol. The van der Waals surface area contributed by atoms with Crippen molar-refractivity contribution in [3.05, 3.63) is 40.0 Å². The minimum absolute atomic E-state index is 0.0206. The van der Waals surface area contributed by atoms with Crippen LogP contribution in [0.15, 0.2) is 24.3 Å². The normalized spacial score (nSPS) is 11.5. The number of aliphatic carboxylic acids is 1. The summed E-state index contributed by atoms with van der Waals surface area (Å²) in [5.74, 6) is -2.32. The lowest BCUT2D eigenvalue weighted by atomic mass is 10.2. The van der Waals surface area contributed by atoms with Crippen molar-refractivity contribution in [3.8, 4) is 5.75 Å². The van der Waals surface area contributed by atoms with Gasteiger partial charge >= 0.3 is 18.0 Å². The van der Waals surface area contributed by atoms with E-state index in [1.165, 1.54) is 0 Å². The van der Waals surface area contributed by atoms with E-state index in [4.69, 9.17) is 5.11 Å². The van der Waals surface area contributed by atoms with Crippen LogP contribution in [0.1, 0.15) is 5.56 Å². The smallest absolute Gasteiger partial charge is 0.478 e. The summed E-state index contributed by atoms with van der Waals surface area (Å²) < 4.78 is 39.7. The molecule has 1 rings (SSSR count). The quantitative estimate of drug-likeness (QED) is 0.519. The first-order chi connectivity index (χ1) is 8.69. The van der Waals surface area contributed by atoms with Crippen molar-refractivity contribution in [1.82, 2.24) is 0 Å². The Bertz CT molecular complexity index is 538. The average molecular weight is 277 g/mol. The van der Waals surface area contributed by atoms with Crippen LogP contribution in [-0.2, 0) is 4.79 Å². The van der Waals surface area contributed by atoms with Gasteiger partial charge in [-0.1, -0.05) is 0 Å². The van der Waals surface area contributed by atoms with Crippen molar-refractivity contribution in [2.75, 3.05) is 0 Å². The van der Waals surface area contributed by atoms with E-state index in [2.05, 4.69) is 4.74 Å². The van der Waals surface area contributed by atoms with Crippen LogP contribution < -0.4 is 4.74 Å². The molecule has 0 unspecified atom stereocenters. The molecular weight excluding hydrogens is 271 g/mol. The average Bonchev–Trinajstić information content (AvgIpc) is 2.23. The largest absolute Gasteiger partial charge is 0.573 e. The summed E-state index contributed by atoms with van der Waals surface area (Å²) >= 11 is 0. The summed E-state index contributed by atoms with van der Waals surface area (Å²) in [4.78, 5) is 19.8. The number of carbonyl (C=O) groups is 1. The van der Waals surface area contributed by atoms with Crippen molar-refractivity contribution in [3.63, 3.8) is 0 Å². The molecule has 0 aliphatic rings. The highest BCUT2D eigenvalue weighted by atomic mass is 19.4. The second-order valence-corrected chi connectivity index (χ2v) is 3.20. The van der Waals surface area contributed by atoms with Crippen molar-refractivity contribution in [2.45, 2.75) is 6.36 Å². The zero-order valence-corrected chi connectivity index (χ0v) is 9.05. The van der Waals surface area contributed by atoms with Gasteiger partial charge in [0.25, 0.3) is 0 Å². The molecule has 0 heterocycles. The highest BCUT2D eigenvalue weighted by Crippen LogP contribution is 2.33. The van der Waals surface area contributed by atoms with Gasteiger partial charge in [-0.15, -0.1) is 13.2 Å². The molecule has 0 atom stereocenters. The maximum Gasteiger partial charge on any atom is 0.573 e. The molecule has 19 heavy (non-hydrogen) atoms. The topological polar surface area (TPSA) is 89.7 Å². The first-order valence-electron chi connectivity index (χ1n) is 4.64. The molecule has 0 fully saturated rings. The minimum Gasteiger partial charge on any atom is -0.478 e. The molecule has 0 aliphatic carbocycles. The van der Waals surface area contributed by atoms with Gasteiger partial charge in [0.05, 0.1) is 4.92 Å². The Morgan fingerprint density at radius 3 is 2.53 bits per heavy atom. The van der Waals surface area contributed by atoms with Crippen LogP contribution in [0, 0.1) is 10.1 Å². The SMILES string of the molecule is O=C(O)/C=C/c1ccc([N+](=O)[O-])c(OC(F)(F)F)c1. The van der Waals surface area contributed by atoms with Crippen LogP contribution in [-0.4, -0.2) is 22.4 Å². The van der Waals surface area contributed by atoms with Gasteiger partial charge in [0.15, 0.2) is 0 Å². The highest BCUT2D eigenvalue weighted by Gasteiger charge is 2.34. The van der Waals surface area contributed by atoms with Crippen LogP contribution in [0.4, 0.5) is 18.9 Å². The second kappa shape index (κ2) is 5.38. The number of nitro benzene ring substituents is 1. The Kier molecular flexibility index (Phi) is 4.10. The maximum atomic E-state index is 12.1. The van der Waals surface area contributed by atoms with Crippen molar-refractivity contribution >= 4 is 17.7 Å². The molecule has 0 bridgehead atoms. The standard InChI is InChI=1S/C10H6F3NO5/c11-10(12,13)19-8-5-6(2-4-9(15)16)1-3-7(8)14(17)18/h1-5H,(H,15,16)/b4-2+. The second-order valence-electron chi connectivity index (χ2n) is 3.20. The third-order valence-electron chi connectivity index (χ3n) is 1.82. The number of hydrogen-bond donors (Lipinski definition) is 1. The number of nitrogens with zero attached hydrogens (tertiary/aromatic N) is 1. The Labute approximate surface area is 103 Å². The van der Waals surface area contributed by atoms with Crippen LogP contribution in [0.3, 0.4) is 0 Å². The minimum atomic E-state index is -5.08. The highest BCUT2D eigenvalue weighted by molar-refractivity contribution is 5.85. The molecule has 0 saturated carbocycles. The first-order valence-corrected chi connectivity index (χ1v) is 4.64. The number of alkyl halides is 3. The van der Waals surface area contributed by atoms with E-state index in [0.717, 1.165) is 24.3 Å². The van der Waals surface area contributed by atoms with Gasteiger partial charge in [0, 0.05) is 12.1 Å². The summed E-state index contributed by atoms with van der Waals surface area (Å²) in [6.45, 7) is 0. The fraction of sp³-hybridized carbons (Fsp3) is 0.100. The molecule has 0 saturated heterocycles. The third-order valence-corrected chi connectivity index (χ3v) is 1.82. The molecule has 0 aliphatic heterocycles. The van der Waals surface area contributed by atoms with Gasteiger partial charge in [0.1, 0.15) is 0 Å². The third kappa shape index (κ3) is 4.66. The van der Waals surface area contributed by atoms with E-state index in [1.54, 1.807) is 0 Å². The summed E-state index contributed by atoms with van der Waals surface area (Å²) in [5, 5.41) is 18.9. The summed E-state index contributed by atoms with van der Waals surface area (Å²) in [5.41, 5.74) is -0.850. The van der Waals surface area contributed by atoms with Gasteiger partial charge in [-0.25, -0.2) is 4.79 Å². The summed E-state index contributed by atoms with van der Waals surface area (Å²) in [6.07, 6.45) is -3.42. The number of nitro groups is 1. The van der Waals surface area contributed by atoms with Crippen LogP contribution in [0.2, 0.25) is 0 Å². The molecule has 0 aromatic heterocycles. The molecule has 1 N–H and O–H groups in total. The van der Waals surface area contributed by atoms with E-state index >= 15 is 0 Å². The van der Waals surface area contributed by atoms with E-state index < -0.39 is 28.7 Å². The number of hydrogen-bond acceptors (Lipinski definition) is 4. The molecule has 1 aromatic rings. The Morgan fingerprint density at radius 1 is 1.42 bits per heavy atom. The number of halogens is 3. The maximum absolute atomic E-state index is 12.1. The van der Waals surface area contributed by atoms with Gasteiger partial charge in [-0.3, -0.25) is 10.1 Å². The zero-order chi connectivity index (χ0) is 14.6. The van der Waals surface area contributed by atoms with E-state index in [9.17, 15) is 28.1 Å². The summed E-state index contributed by atoms with van der Waals surface area (Å²) in [6, 6.07) is 2.62. The number of rotatable bonds is 4. The number of carboxylic acids is 1. The fourth-order valence-corrected chi connectivity index (χ4v) is 1.16. The van der Waals surface area contributed by atoms with Crippen molar-refractivity contribution < 1.29 is 32.7 Å². The summed E-state index contributed by atoms with van der Waals surface area (Å²) in [7, 11) is 0. The van der Waals surface area contributed by atoms with E-state index in [0.29, 0.717) is 6.08 Å². The molecule has 102 valence electrons. The zero-order valence-electron chi connectivity index (χ0n) is 9.05. The van der Waals surface area contributed by atoms with Crippen LogP contribution >= 0.6 is 0 Å². The molecule has 0 spiro atoms. The molecule has 0 radical (unpaired) electrons. The molecule has 6 nitrogen and oxygen atoms in total. The van der Waals surface area contributed by atoms with Gasteiger partial charge in [-0.2, -0.15) is 0 Å². The molecule has 9 heteroatoms. The number of ether oxygens (including phenoxy) is 1. The van der Waals surface area contributed by atoms with Crippen LogP contribution in [0.25, 0.3) is 6.08 Å². The lowest BCUT2D eigenvalue weighted by Crippen LogP contribution is -2.18. The van der Waals surface area contributed by atoms with Crippen molar-refractivity contribution in [2.24, 2.45) is 0 Å². The van der Waals surface area contributed by atoms with Gasteiger partial charge < -0.3 is 9.84 Å². The lowest BCUT2D eigenvalue weighted by molar-refractivity contribution is -0.388. The predicted octanol–water partition coefficient (Wildman–Crippen LogP) is 2.59. The van der Waals surface area contributed by atoms with E-state index in [-0.39, 0.29) is 5.56 Å². The van der Waals surface area contributed by atoms with Gasteiger partial charge in [-0.05, 0) is 23.8 Å².